The monoisotopic (exact) mass is 289 g/mol. The zero-order valence-electron chi connectivity index (χ0n) is 12.7. The quantitative estimate of drug-likeness (QED) is 0.849. The van der Waals surface area contributed by atoms with Crippen LogP contribution in [0.3, 0.4) is 0 Å². The molecule has 2 aromatic rings. The van der Waals surface area contributed by atoms with Crippen LogP contribution in [0, 0.1) is 17.0 Å². The number of hydrogen-bond donors (Lipinski definition) is 1. The van der Waals surface area contributed by atoms with Crippen LogP contribution >= 0.6 is 0 Å². The van der Waals surface area contributed by atoms with E-state index in [0.717, 1.165) is 11.6 Å². The topological polar surface area (TPSA) is 12.0 Å². The summed E-state index contributed by atoms with van der Waals surface area (Å²) in [7, 11) is 0. The predicted molar refractivity (Wildman–Crippen MR) is 81.8 cm³/mol. The molecular formula is C18H21F2N. The summed E-state index contributed by atoms with van der Waals surface area (Å²) in [5.74, 6) is -0.801. The Bertz CT molecular complexity index is 588. The van der Waals surface area contributed by atoms with Gasteiger partial charge in [0.1, 0.15) is 11.6 Å². The van der Waals surface area contributed by atoms with Gasteiger partial charge in [0.2, 0.25) is 0 Å². The Morgan fingerprint density at radius 3 is 2.29 bits per heavy atom. The first-order valence-corrected chi connectivity index (χ1v) is 7.10. The summed E-state index contributed by atoms with van der Waals surface area (Å²) < 4.78 is 26.9. The van der Waals surface area contributed by atoms with Gasteiger partial charge < -0.3 is 5.32 Å². The van der Waals surface area contributed by atoms with Crippen molar-refractivity contribution in [2.75, 3.05) is 0 Å². The van der Waals surface area contributed by atoms with Crippen LogP contribution in [-0.2, 0) is 6.54 Å². The molecule has 2 rings (SSSR count). The Morgan fingerprint density at radius 1 is 1.00 bits per heavy atom. The molecule has 3 heteroatoms. The molecular weight excluding hydrogens is 268 g/mol. The second-order valence-electron chi connectivity index (χ2n) is 6.33. The van der Waals surface area contributed by atoms with Gasteiger partial charge in [-0.25, -0.2) is 8.78 Å². The molecule has 0 spiro atoms. The fourth-order valence-electron chi connectivity index (χ4n) is 2.46. The summed E-state index contributed by atoms with van der Waals surface area (Å²) in [6, 6.07) is 13.6. The van der Waals surface area contributed by atoms with E-state index in [4.69, 9.17) is 0 Å². The highest BCUT2D eigenvalue weighted by atomic mass is 19.1. The number of hydrogen-bond acceptors (Lipinski definition) is 1. The van der Waals surface area contributed by atoms with E-state index in [-0.39, 0.29) is 17.3 Å². The summed E-state index contributed by atoms with van der Waals surface area (Å²) in [6.45, 7) is 6.67. The molecule has 0 aromatic heterocycles. The van der Waals surface area contributed by atoms with Gasteiger partial charge in [0.05, 0.1) is 0 Å². The molecule has 1 unspecified atom stereocenters. The van der Waals surface area contributed by atoms with Crippen LogP contribution in [-0.4, -0.2) is 0 Å². The van der Waals surface area contributed by atoms with E-state index in [9.17, 15) is 8.78 Å². The molecule has 0 bridgehead atoms. The molecule has 0 aliphatic heterocycles. The molecule has 2 aromatic carbocycles. The Morgan fingerprint density at radius 2 is 1.67 bits per heavy atom. The van der Waals surface area contributed by atoms with Crippen molar-refractivity contribution in [2.45, 2.75) is 33.4 Å². The molecule has 1 nitrogen and oxygen atoms in total. The van der Waals surface area contributed by atoms with Crippen molar-refractivity contribution in [3.05, 3.63) is 71.3 Å². The summed E-state index contributed by atoms with van der Waals surface area (Å²) in [5, 5.41) is 3.35. The van der Waals surface area contributed by atoms with E-state index in [2.05, 4.69) is 26.1 Å². The summed E-state index contributed by atoms with van der Waals surface area (Å²) >= 11 is 0. The molecule has 0 aliphatic rings. The van der Waals surface area contributed by atoms with Crippen LogP contribution in [0.2, 0.25) is 0 Å². The summed E-state index contributed by atoms with van der Waals surface area (Å²) in [5.41, 5.74) is 1.45. The highest BCUT2D eigenvalue weighted by molar-refractivity contribution is 5.22. The Balaban J connectivity index is 2.19. The lowest BCUT2D eigenvalue weighted by molar-refractivity contribution is 0.270. The second kappa shape index (κ2) is 6.35. The van der Waals surface area contributed by atoms with Crippen LogP contribution in [0.1, 0.15) is 37.9 Å². The maximum absolute atomic E-state index is 13.7. The molecule has 1 atom stereocenters. The average Bonchev–Trinajstić information content (AvgIpc) is 2.42. The molecule has 0 fully saturated rings. The zero-order chi connectivity index (χ0) is 15.5. The van der Waals surface area contributed by atoms with Gasteiger partial charge in [0, 0.05) is 18.2 Å². The van der Waals surface area contributed by atoms with Crippen molar-refractivity contribution in [1.29, 1.82) is 0 Å². The van der Waals surface area contributed by atoms with Crippen molar-refractivity contribution in [3.63, 3.8) is 0 Å². The second-order valence-corrected chi connectivity index (χ2v) is 6.33. The molecule has 112 valence electrons. The minimum absolute atomic E-state index is 0.0366. The number of halogens is 2. The van der Waals surface area contributed by atoms with Crippen LogP contribution in [0.5, 0.6) is 0 Å². The first-order chi connectivity index (χ1) is 9.88. The fraction of sp³-hybridized carbons (Fsp3) is 0.333. The maximum Gasteiger partial charge on any atom is 0.127 e. The number of nitrogens with one attached hydrogen (secondary N) is 1. The van der Waals surface area contributed by atoms with E-state index >= 15 is 0 Å². The van der Waals surface area contributed by atoms with Crippen molar-refractivity contribution >= 4 is 0 Å². The van der Waals surface area contributed by atoms with Gasteiger partial charge in [-0.05, 0) is 29.2 Å². The minimum Gasteiger partial charge on any atom is -0.305 e. The van der Waals surface area contributed by atoms with Crippen LogP contribution in [0.15, 0.2) is 48.5 Å². The average molecular weight is 289 g/mol. The van der Waals surface area contributed by atoms with Crippen LogP contribution in [0.4, 0.5) is 8.78 Å². The third-order valence-electron chi connectivity index (χ3n) is 3.50. The zero-order valence-corrected chi connectivity index (χ0v) is 12.7. The Hall–Kier alpha value is -1.74. The van der Waals surface area contributed by atoms with E-state index in [1.54, 1.807) is 0 Å². The molecule has 0 saturated carbocycles. The SMILES string of the molecule is CC(C)(C)C(NCc1cc(F)ccc1F)c1ccccc1. The van der Waals surface area contributed by atoms with Crippen molar-refractivity contribution in [2.24, 2.45) is 5.41 Å². The van der Waals surface area contributed by atoms with E-state index in [1.165, 1.54) is 12.1 Å². The number of benzene rings is 2. The highest BCUT2D eigenvalue weighted by Gasteiger charge is 2.25. The molecule has 0 heterocycles. The van der Waals surface area contributed by atoms with Gasteiger partial charge >= 0.3 is 0 Å². The smallest absolute Gasteiger partial charge is 0.127 e. The van der Waals surface area contributed by atoms with E-state index in [0.29, 0.717) is 12.1 Å². The van der Waals surface area contributed by atoms with Crippen molar-refractivity contribution < 1.29 is 8.78 Å². The van der Waals surface area contributed by atoms with E-state index < -0.39 is 5.82 Å². The molecule has 1 N–H and O–H groups in total. The first-order valence-electron chi connectivity index (χ1n) is 7.10. The fourth-order valence-corrected chi connectivity index (χ4v) is 2.46. The van der Waals surface area contributed by atoms with Gasteiger partial charge in [0.15, 0.2) is 0 Å². The van der Waals surface area contributed by atoms with Gasteiger partial charge in [-0.15, -0.1) is 0 Å². The lowest BCUT2D eigenvalue weighted by Crippen LogP contribution is -2.32. The molecule has 0 amide bonds. The molecule has 0 radical (unpaired) electrons. The third kappa shape index (κ3) is 4.11. The van der Waals surface area contributed by atoms with Gasteiger partial charge in [-0.1, -0.05) is 51.1 Å². The van der Waals surface area contributed by atoms with Crippen LogP contribution < -0.4 is 5.32 Å². The number of rotatable bonds is 4. The summed E-state index contributed by atoms with van der Waals surface area (Å²) in [6.07, 6.45) is 0. The largest absolute Gasteiger partial charge is 0.305 e. The summed E-state index contributed by atoms with van der Waals surface area (Å²) in [4.78, 5) is 0. The van der Waals surface area contributed by atoms with Crippen LogP contribution in [0.25, 0.3) is 0 Å². The Labute approximate surface area is 125 Å². The maximum atomic E-state index is 13.7. The lowest BCUT2D eigenvalue weighted by Gasteiger charge is -2.32. The van der Waals surface area contributed by atoms with E-state index in [1.807, 2.05) is 30.3 Å². The van der Waals surface area contributed by atoms with Gasteiger partial charge in [-0.2, -0.15) is 0 Å². The van der Waals surface area contributed by atoms with Crippen molar-refractivity contribution in [3.8, 4) is 0 Å². The third-order valence-corrected chi connectivity index (χ3v) is 3.50. The highest BCUT2D eigenvalue weighted by Crippen LogP contribution is 2.33. The molecule has 21 heavy (non-hydrogen) atoms. The lowest BCUT2D eigenvalue weighted by atomic mass is 9.82. The standard InChI is InChI=1S/C18H21F2N/c1-18(2,3)17(13-7-5-4-6-8-13)21-12-14-11-15(19)9-10-16(14)20/h4-11,17,21H,12H2,1-3H3. The molecule has 0 aliphatic carbocycles. The van der Waals surface area contributed by atoms with Gasteiger partial charge in [-0.3, -0.25) is 0 Å². The van der Waals surface area contributed by atoms with Gasteiger partial charge in [0.25, 0.3) is 0 Å². The van der Waals surface area contributed by atoms with Crippen molar-refractivity contribution in [1.82, 2.24) is 5.32 Å². The first kappa shape index (κ1) is 15.6. The normalized spacial score (nSPS) is 13.2. The predicted octanol–water partition coefficient (Wildman–Crippen LogP) is 4.84. The molecule has 0 saturated heterocycles. The minimum atomic E-state index is -0.416. The Kier molecular flexibility index (Phi) is 4.73.